The number of fused-ring (bicyclic) bond motifs is 1. The molecule has 7 heteroatoms. The molecular formula is C10H9F3N2OS. The fourth-order valence-corrected chi connectivity index (χ4v) is 2.01. The lowest BCUT2D eigenvalue weighted by Gasteiger charge is -2.15. The molecule has 17 heavy (non-hydrogen) atoms. The Morgan fingerprint density at radius 3 is 2.88 bits per heavy atom. The van der Waals surface area contributed by atoms with E-state index in [1.807, 2.05) is 0 Å². The Labute approximate surface area is 98.9 Å². The second kappa shape index (κ2) is 4.50. The Morgan fingerprint density at radius 2 is 2.18 bits per heavy atom. The SMILES string of the molecule is OC(CNc1ccc2ncsc2c1)C(F)(F)F. The highest BCUT2D eigenvalue weighted by atomic mass is 32.1. The van der Waals surface area contributed by atoms with Crippen LogP contribution in [0.25, 0.3) is 10.2 Å². The third kappa shape index (κ3) is 2.86. The van der Waals surface area contributed by atoms with Crippen molar-refractivity contribution in [2.75, 3.05) is 11.9 Å². The molecule has 0 radical (unpaired) electrons. The lowest BCUT2D eigenvalue weighted by atomic mass is 10.2. The van der Waals surface area contributed by atoms with Crippen molar-refractivity contribution in [3.63, 3.8) is 0 Å². The van der Waals surface area contributed by atoms with Crippen LogP contribution in [0.1, 0.15) is 0 Å². The first kappa shape index (κ1) is 12.1. The Balaban J connectivity index is 2.03. The monoisotopic (exact) mass is 262 g/mol. The summed E-state index contributed by atoms with van der Waals surface area (Å²) < 4.78 is 37.1. The topological polar surface area (TPSA) is 45.1 Å². The van der Waals surface area contributed by atoms with Crippen molar-refractivity contribution >= 4 is 27.2 Å². The number of benzene rings is 1. The Hall–Kier alpha value is -1.34. The number of alkyl halides is 3. The van der Waals surface area contributed by atoms with Crippen LogP contribution in [0.5, 0.6) is 0 Å². The Kier molecular flexibility index (Phi) is 3.21. The Morgan fingerprint density at radius 1 is 1.41 bits per heavy atom. The molecule has 1 aromatic heterocycles. The third-order valence-corrected chi connectivity index (χ3v) is 3.00. The molecule has 0 spiro atoms. The number of hydrogen-bond acceptors (Lipinski definition) is 4. The molecule has 0 saturated carbocycles. The normalized spacial score (nSPS) is 13.9. The molecule has 0 saturated heterocycles. The van der Waals surface area contributed by atoms with Crippen molar-refractivity contribution in [2.24, 2.45) is 0 Å². The number of anilines is 1. The maximum atomic E-state index is 12.1. The number of thiazole rings is 1. The van der Waals surface area contributed by atoms with E-state index in [2.05, 4.69) is 10.3 Å². The van der Waals surface area contributed by atoms with Gasteiger partial charge in [0.15, 0.2) is 6.10 Å². The van der Waals surface area contributed by atoms with Crippen LogP contribution < -0.4 is 5.32 Å². The van der Waals surface area contributed by atoms with Crippen LogP contribution in [0.2, 0.25) is 0 Å². The predicted octanol–water partition coefficient (Wildman–Crippen LogP) is 2.63. The fourth-order valence-electron chi connectivity index (χ4n) is 1.30. The van der Waals surface area contributed by atoms with Gasteiger partial charge in [-0.25, -0.2) is 4.98 Å². The lowest BCUT2D eigenvalue weighted by molar-refractivity contribution is -0.198. The number of aliphatic hydroxyl groups is 1. The smallest absolute Gasteiger partial charge is 0.382 e. The molecule has 1 aromatic carbocycles. The van der Waals surface area contributed by atoms with Gasteiger partial charge in [0, 0.05) is 12.2 Å². The standard InChI is InChI=1S/C10H9F3N2OS/c11-10(12,13)9(16)4-14-6-1-2-7-8(3-6)17-5-15-7/h1-3,5,9,14,16H,4H2. The van der Waals surface area contributed by atoms with Gasteiger partial charge in [0.25, 0.3) is 0 Å². The molecule has 0 fully saturated rings. The predicted molar refractivity (Wildman–Crippen MR) is 60.2 cm³/mol. The van der Waals surface area contributed by atoms with Gasteiger partial charge in [-0.05, 0) is 18.2 Å². The van der Waals surface area contributed by atoms with Gasteiger partial charge in [-0.3, -0.25) is 0 Å². The maximum Gasteiger partial charge on any atom is 0.416 e. The van der Waals surface area contributed by atoms with Gasteiger partial charge in [0.05, 0.1) is 15.7 Å². The number of nitrogens with one attached hydrogen (secondary N) is 1. The molecule has 0 aliphatic rings. The fraction of sp³-hybridized carbons (Fsp3) is 0.300. The van der Waals surface area contributed by atoms with Crippen LogP contribution in [0, 0.1) is 0 Å². The van der Waals surface area contributed by atoms with Gasteiger partial charge in [-0.2, -0.15) is 13.2 Å². The molecule has 0 amide bonds. The van der Waals surface area contributed by atoms with E-state index in [0.29, 0.717) is 5.69 Å². The average Bonchev–Trinajstić information content (AvgIpc) is 2.71. The van der Waals surface area contributed by atoms with Crippen molar-refractivity contribution in [3.8, 4) is 0 Å². The molecule has 1 atom stereocenters. The van der Waals surface area contributed by atoms with Crippen LogP contribution >= 0.6 is 11.3 Å². The minimum absolute atomic E-state index is 0.532. The first-order chi connectivity index (χ1) is 7.97. The molecule has 92 valence electrons. The number of nitrogens with zero attached hydrogens (tertiary/aromatic N) is 1. The van der Waals surface area contributed by atoms with E-state index < -0.39 is 18.8 Å². The van der Waals surface area contributed by atoms with E-state index in [9.17, 15) is 13.2 Å². The number of halogens is 3. The number of hydrogen-bond donors (Lipinski definition) is 2. The molecule has 2 rings (SSSR count). The highest BCUT2D eigenvalue weighted by Gasteiger charge is 2.37. The minimum atomic E-state index is -4.60. The summed E-state index contributed by atoms with van der Waals surface area (Å²) in [4.78, 5) is 4.06. The van der Waals surface area contributed by atoms with Crippen LogP contribution in [-0.4, -0.2) is 28.9 Å². The summed E-state index contributed by atoms with van der Waals surface area (Å²) in [6.45, 7) is -0.562. The van der Waals surface area contributed by atoms with E-state index in [0.717, 1.165) is 10.2 Å². The van der Waals surface area contributed by atoms with Gasteiger partial charge in [-0.15, -0.1) is 11.3 Å². The van der Waals surface area contributed by atoms with Gasteiger partial charge in [-0.1, -0.05) is 0 Å². The highest BCUT2D eigenvalue weighted by molar-refractivity contribution is 7.16. The molecule has 0 aliphatic heterocycles. The molecule has 0 bridgehead atoms. The van der Waals surface area contributed by atoms with Crippen molar-refractivity contribution in [1.29, 1.82) is 0 Å². The summed E-state index contributed by atoms with van der Waals surface area (Å²) in [6, 6.07) is 5.05. The summed E-state index contributed by atoms with van der Waals surface area (Å²) in [5, 5.41) is 11.4. The van der Waals surface area contributed by atoms with Gasteiger partial charge in [0.1, 0.15) is 0 Å². The summed E-state index contributed by atoms with van der Waals surface area (Å²) >= 11 is 1.41. The van der Waals surface area contributed by atoms with Crippen LogP contribution in [-0.2, 0) is 0 Å². The first-order valence-electron chi connectivity index (χ1n) is 4.79. The quantitative estimate of drug-likeness (QED) is 0.893. The van der Waals surface area contributed by atoms with Gasteiger partial charge < -0.3 is 10.4 Å². The molecular weight excluding hydrogens is 253 g/mol. The van der Waals surface area contributed by atoms with Gasteiger partial charge >= 0.3 is 6.18 Å². The highest BCUT2D eigenvalue weighted by Crippen LogP contribution is 2.23. The molecule has 2 aromatic rings. The zero-order valence-corrected chi connectivity index (χ0v) is 9.35. The molecule has 1 unspecified atom stereocenters. The van der Waals surface area contributed by atoms with Crippen molar-refractivity contribution in [3.05, 3.63) is 23.7 Å². The van der Waals surface area contributed by atoms with E-state index >= 15 is 0 Å². The van der Waals surface area contributed by atoms with Crippen LogP contribution in [0.15, 0.2) is 23.7 Å². The number of rotatable bonds is 3. The lowest BCUT2D eigenvalue weighted by Crippen LogP contribution is -2.34. The number of aliphatic hydroxyl groups excluding tert-OH is 1. The average molecular weight is 262 g/mol. The summed E-state index contributed by atoms with van der Waals surface area (Å²) in [5.41, 5.74) is 3.00. The Bertz CT molecular complexity index is 511. The van der Waals surface area contributed by atoms with E-state index in [1.165, 1.54) is 11.3 Å². The third-order valence-electron chi connectivity index (χ3n) is 2.21. The van der Waals surface area contributed by atoms with Crippen molar-refractivity contribution in [1.82, 2.24) is 4.98 Å². The van der Waals surface area contributed by atoms with Crippen LogP contribution in [0.4, 0.5) is 18.9 Å². The van der Waals surface area contributed by atoms with E-state index in [-0.39, 0.29) is 0 Å². The molecule has 3 nitrogen and oxygen atoms in total. The largest absolute Gasteiger partial charge is 0.416 e. The van der Waals surface area contributed by atoms with Crippen LogP contribution in [0.3, 0.4) is 0 Å². The first-order valence-corrected chi connectivity index (χ1v) is 5.66. The van der Waals surface area contributed by atoms with Crippen molar-refractivity contribution < 1.29 is 18.3 Å². The summed E-state index contributed by atoms with van der Waals surface area (Å²) in [6.07, 6.45) is -6.96. The zero-order valence-electron chi connectivity index (χ0n) is 8.53. The summed E-state index contributed by atoms with van der Waals surface area (Å²) in [5.74, 6) is 0. The van der Waals surface area contributed by atoms with E-state index in [1.54, 1.807) is 23.7 Å². The minimum Gasteiger partial charge on any atom is -0.382 e. The number of aromatic nitrogens is 1. The maximum absolute atomic E-state index is 12.1. The zero-order chi connectivity index (χ0) is 12.5. The molecule has 1 heterocycles. The van der Waals surface area contributed by atoms with Crippen molar-refractivity contribution in [2.45, 2.75) is 12.3 Å². The summed E-state index contributed by atoms with van der Waals surface area (Å²) in [7, 11) is 0. The second-order valence-corrected chi connectivity index (χ2v) is 4.36. The molecule has 2 N–H and O–H groups in total. The second-order valence-electron chi connectivity index (χ2n) is 3.47. The molecule has 0 aliphatic carbocycles. The van der Waals surface area contributed by atoms with E-state index in [4.69, 9.17) is 5.11 Å². The van der Waals surface area contributed by atoms with Gasteiger partial charge in [0.2, 0.25) is 0 Å².